The molecular weight excluding hydrogens is 260 g/mol. The summed E-state index contributed by atoms with van der Waals surface area (Å²) >= 11 is 10.6. The Balaban J connectivity index is 2.22. The molecule has 3 rings (SSSR count). The van der Waals surface area contributed by atoms with E-state index in [4.69, 9.17) is 11.6 Å². The van der Waals surface area contributed by atoms with Crippen LogP contribution >= 0.6 is 24.2 Å². The number of hydrogen-bond acceptors (Lipinski definition) is 1. The third-order valence-electron chi connectivity index (χ3n) is 3.05. The van der Waals surface area contributed by atoms with Crippen LogP contribution in [-0.2, 0) is 0 Å². The molecule has 0 saturated heterocycles. The highest BCUT2D eigenvalue weighted by molar-refractivity contribution is 7.80. The third-order valence-corrected chi connectivity index (χ3v) is 3.98. The van der Waals surface area contributed by atoms with Gasteiger partial charge in [0.25, 0.3) is 0 Å². The summed E-state index contributed by atoms with van der Waals surface area (Å²) in [6.45, 7) is 0. The molecule has 0 bridgehead atoms. The molecule has 0 aliphatic heterocycles. The van der Waals surface area contributed by atoms with Gasteiger partial charge in [0.05, 0.1) is 5.02 Å². The van der Waals surface area contributed by atoms with Crippen LogP contribution in [0.5, 0.6) is 0 Å². The van der Waals surface area contributed by atoms with Gasteiger partial charge in [0, 0.05) is 4.90 Å². The highest BCUT2D eigenvalue weighted by Gasteiger charge is 2.06. The number of fused-ring (bicyclic) bond motifs is 1. The summed E-state index contributed by atoms with van der Waals surface area (Å²) in [5.41, 5.74) is 2.21. The largest absolute Gasteiger partial charge is 0.141 e. The molecule has 0 spiro atoms. The molecular formula is C16H11ClS. The predicted molar refractivity (Wildman–Crippen MR) is 81.6 cm³/mol. The first kappa shape index (κ1) is 11.6. The summed E-state index contributed by atoms with van der Waals surface area (Å²) in [6, 6.07) is 20.6. The fraction of sp³-hybridized carbons (Fsp3) is 0. The van der Waals surface area contributed by atoms with Crippen molar-refractivity contribution in [3.05, 3.63) is 65.7 Å². The second kappa shape index (κ2) is 4.68. The van der Waals surface area contributed by atoms with Gasteiger partial charge in [0.2, 0.25) is 0 Å². The van der Waals surface area contributed by atoms with E-state index in [1.165, 1.54) is 10.8 Å². The summed E-state index contributed by atoms with van der Waals surface area (Å²) in [6.07, 6.45) is 0. The highest BCUT2D eigenvalue weighted by Crippen LogP contribution is 2.33. The van der Waals surface area contributed by atoms with Crippen LogP contribution in [0.4, 0.5) is 0 Å². The zero-order chi connectivity index (χ0) is 12.5. The average Bonchev–Trinajstić information content (AvgIpc) is 2.41. The molecule has 0 atom stereocenters. The van der Waals surface area contributed by atoms with E-state index in [1.807, 2.05) is 30.3 Å². The molecule has 3 aromatic carbocycles. The van der Waals surface area contributed by atoms with Gasteiger partial charge in [0.15, 0.2) is 0 Å². The lowest BCUT2D eigenvalue weighted by atomic mass is 10.0. The van der Waals surface area contributed by atoms with Gasteiger partial charge in [-0.2, -0.15) is 0 Å². The Morgan fingerprint density at radius 3 is 2.39 bits per heavy atom. The first-order valence-electron chi connectivity index (χ1n) is 5.72. The normalized spacial score (nSPS) is 10.8. The summed E-state index contributed by atoms with van der Waals surface area (Å²) in [7, 11) is 0. The molecule has 0 fully saturated rings. The van der Waals surface area contributed by atoms with Crippen molar-refractivity contribution in [3.63, 3.8) is 0 Å². The smallest absolute Gasteiger partial charge is 0.0545 e. The van der Waals surface area contributed by atoms with Crippen molar-refractivity contribution in [1.29, 1.82) is 0 Å². The topological polar surface area (TPSA) is 0 Å². The van der Waals surface area contributed by atoms with Crippen LogP contribution in [0.1, 0.15) is 0 Å². The summed E-state index contributed by atoms with van der Waals surface area (Å²) < 4.78 is 0. The fourth-order valence-corrected chi connectivity index (χ4v) is 2.56. The number of rotatable bonds is 1. The molecule has 0 amide bonds. The van der Waals surface area contributed by atoms with Crippen molar-refractivity contribution < 1.29 is 0 Å². The zero-order valence-electron chi connectivity index (χ0n) is 9.60. The zero-order valence-corrected chi connectivity index (χ0v) is 11.2. The van der Waals surface area contributed by atoms with E-state index in [-0.39, 0.29) is 0 Å². The van der Waals surface area contributed by atoms with E-state index in [1.54, 1.807) is 0 Å². The molecule has 88 valence electrons. The van der Waals surface area contributed by atoms with Gasteiger partial charge < -0.3 is 0 Å². The maximum absolute atomic E-state index is 6.11. The average molecular weight is 271 g/mol. The maximum Gasteiger partial charge on any atom is 0.0545 e. The molecule has 18 heavy (non-hydrogen) atoms. The van der Waals surface area contributed by atoms with Crippen LogP contribution in [0, 0.1) is 0 Å². The summed E-state index contributed by atoms with van der Waals surface area (Å²) in [4.78, 5) is 0.828. The van der Waals surface area contributed by atoms with Crippen LogP contribution in [0.2, 0.25) is 5.02 Å². The Kier molecular flexibility index (Phi) is 3.02. The van der Waals surface area contributed by atoms with E-state index in [0.29, 0.717) is 5.02 Å². The van der Waals surface area contributed by atoms with E-state index in [9.17, 15) is 0 Å². The second-order valence-corrected chi connectivity index (χ2v) is 5.05. The van der Waals surface area contributed by atoms with Crippen molar-refractivity contribution in [2.75, 3.05) is 0 Å². The van der Waals surface area contributed by atoms with Gasteiger partial charge >= 0.3 is 0 Å². The summed E-state index contributed by atoms with van der Waals surface area (Å²) in [5, 5.41) is 3.15. The minimum absolute atomic E-state index is 0.684. The lowest BCUT2D eigenvalue weighted by Gasteiger charge is -2.08. The van der Waals surface area contributed by atoms with Gasteiger partial charge in [-0.1, -0.05) is 60.1 Å². The van der Waals surface area contributed by atoms with Crippen LogP contribution in [0.3, 0.4) is 0 Å². The van der Waals surface area contributed by atoms with Crippen LogP contribution in [-0.4, -0.2) is 0 Å². The quantitative estimate of drug-likeness (QED) is 0.559. The summed E-state index contributed by atoms with van der Waals surface area (Å²) in [5.74, 6) is 0. The minimum Gasteiger partial charge on any atom is -0.141 e. The molecule has 0 radical (unpaired) electrons. The molecule has 0 N–H and O–H groups in total. The van der Waals surface area contributed by atoms with Crippen molar-refractivity contribution in [1.82, 2.24) is 0 Å². The lowest BCUT2D eigenvalue weighted by Crippen LogP contribution is -1.82. The molecule has 0 heterocycles. The molecule has 2 heteroatoms. The Bertz CT molecular complexity index is 719. The van der Waals surface area contributed by atoms with Crippen LogP contribution < -0.4 is 0 Å². The van der Waals surface area contributed by atoms with Crippen molar-refractivity contribution in [2.45, 2.75) is 4.90 Å². The van der Waals surface area contributed by atoms with Crippen molar-refractivity contribution in [3.8, 4) is 11.1 Å². The predicted octanol–water partition coefficient (Wildman–Crippen LogP) is 5.45. The van der Waals surface area contributed by atoms with E-state index in [0.717, 1.165) is 16.0 Å². The molecule has 3 aromatic rings. The second-order valence-electron chi connectivity index (χ2n) is 4.20. The minimum atomic E-state index is 0.684. The highest BCUT2D eigenvalue weighted by atomic mass is 35.5. The van der Waals surface area contributed by atoms with Gasteiger partial charge in [-0.25, -0.2) is 0 Å². The lowest BCUT2D eigenvalue weighted by molar-refractivity contribution is 1.46. The van der Waals surface area contributed by atoms with Crippen LogP contribution in [0.25, 0.3) is 21.9 Å². The molecule has 0 nitrogen and oxygen atoms in total. The maximum atomic E-state index is 6.11. The molecule has 0 unspecified atom stereocenters. The Morgan fingerprint density at radius 1 is 0.778 bits per heavy atom. The van der Waals surface area contributed by atoms with Gasteiger partial charge in [-0.05, 0) is 34.0 Å². The van der Waals surface area contributed by atoms with E-state index in [2.05, 4.69) is 43.0 Å². The number of thiol groups is 1. The van der Waals surface area contributed by atoms with Gasteiger partial charge in [-0.3, -0.25) is 0 Å². The standard InChI is InChI=1S/C16H11ClS/c17-15-7-3-6-14(16(15)18)13-9-8-11-4-1-2-5-12(11)10-13/h1-10,18H. The van der Waals surface area contributed by atoms with Crippen LogP contribution in [0.15, 0.2) is 65.6 Å². The first-order chi connectivity index (χ1) is 8.75. The first-order valence-corrected chi connectivity index (χ1v) is 6.55. The number of hydrogen-bond donors (Lipinski definition) is 1. The van der Waals surface area contributed by atoms with E-state index >= 15 is 0 Å². The fourth-order valence-electron chi connectivity index (χ4n) is 2.11. The van der Waals surface area contributed by atoms with E-state index < -0.39 is 0 Å². The Hall–Kier alpha value is -1.44. The Morgan fingerprint density at radius 2 is 1.56 bits per heavy atom. The van der Waals surface area contributed by atoms with Crippen molar-refractivity contribution >= 4 is 35.0 Å². The molecule has 0 aromatic heterocycles. The third kappa shape index (κ3) is 2.00. The molecule has 0 aliphatic carbocycles. The monoisotopic (exact) mass is 270 g/mol. The molecule has 0 aliphatic rings. The molecule has 0 saturated carbocycles. The number of benzene rings is 3. The van der Waals surface area contributed by atoms with Crippen molar-refractivity contribution in [2.24, 2.45) is 0 Å². The Labute approximate surface area is 117 Å². The van der Waals surface area contributed by atoms with Gasteiger partial charge in [-0.15, -0.1) is 12.6 Å². The number of halogens is 1. The SMILES string of the molecule is Sc1c(Cl)cccc1-c1ccc2ccccc2c1. The van der Waals surface area contributed by atoms with Gasteiger partial charge in [0.1, 0.15) is 0 Å².